The fourth-order valence-corrected chi connectivity index (χ4v) is 7.85. The molecule has 0 bridgehead atoms. The number of esters is 1. The molecule has 4 aliphatic rings. The first-order chi connectivity index (χ1) is 23.8. The maximum atomic E-state index is 14.4. The third-order valence-electron chi connectivity index (χ3n) is 10.5. The molecule has 1 aromatic carbocycles. The Balaban J connectivity index is 1.27. The van der Waals surface area contributed by atoms with E-state index >= 15 is 0 Å². The van der Waals surface area contributed by atoms with Crippen molar-refractivity contribution in [2.45, 2.75) is 89.8 Å². The molecule has 11 nitrogen and oxygen atoms in total. The molecular weight excluding hydrogens is 636 g/mol. The van der Waals surface area contributed by atoms with E-state index in [1.165, 1.54) is 0 Å². The molecule has 1 aliphatic carbocycles. The number of hydrogen-bond acceptors (Lipinski definition) is 7. The Morgan fingerprint density at radius 2 is 1.78 bits per heavy atom. The van der Waals surface area contributed by atoms with Gasteiger partial charge in [0.2, 0.25) is 11.8 Å². The van der Waals surface area contributed by atoms with Gasteiger partial charge in [0.05, 0.1) is 12.1 Å². The number of rotatable bonds is 5. The molecule has 0 radical (unpaired) electrons. The SMILES string of the molecule is Cc1ccc(-c2cccc(C(=O)N3C[C@H]4CN5C(=O)[C@H](CC(=O)OC(C)(C)C)CCCCC/C=C\[C@@H]6C[C@@]6(C(=O)O)NC(=O)[C@@H]5[C@H]4C3)n2)cc1. The Kier molecular flexibility index (Phi) is 9.88. The van der Waals surface area contributed by atoms with Gasteiger partial charge >= 0.3 is 11.9 Å². The number of carbonyl (C=O) groups excluding carboxylic acids is 4. The summed E-state index contributed by atoms with van der Waals surface area (Å²) in [6.45, 7) is 8.10. The molecule has 3 fully saturated rings. The van der Waals surface area contributed by atoms with Gasteiger partial charge in [-0.05, 0) is 65.5 Å². The van der Waals surface area contributed by atoms with Crippen LogP contribution < -0.4 is 5.32 Å². The number of carbonyl (C=O) groups is 5. The van der Waals surface area contributed by atoms with E-state index in [4.69, 9.17) is 4.74 Å². The highest BCUT2D eigenvalue weighted by atomic mass is 16.6. The highest BCUT2D eigenvalue weighted by Crippen LogP contribution is 2.46. The third kappa shape index (κ3) is 7.46. The van der Waals surface area contributed by atoms with E-state index < -0.39 is 46.9 Å². The van der Waals surface area contributed by atoms with Gasteiger partial charge < -0.3 is 25.0 Å². The summed E-state index contributed by atoms with van der Waals surface area (Å²) in [6, 6.07) is 12.3. The van der Waals surface area contributed by atoms with Gasteiger partial charge in [-0.2, -0.15) is 0 Å². The smallest absolute Gasteiger partial charge is 0.330 e. The van der Waals surface area contributed by atoms with Crippen molar-refractivity contribution in [3.05, 3.63) is 65.9 Å². The molecule has 1 aromatic heterocycles. The summed E-state index contributed by atoms with van der Waals surface area (Å²) >= 11 is 0. The molecular formula is C39H48N4O7. The highest BCUT2D eigenvalue weighted by Gasteiger charge is 2.62. The Morgan fingerprint density at radius 1 is 1.02 bits per heavy atom. The first-order valence-electron chi connectivity index (χ1n) is 17.8. The van der Waals surface area contributed by atoms with Crippen molar-refractivity contribution < 1.29 is 33.8 Å². The second-order valence-corrected chi connectivity index (χ2v) is 15.5. The number of nitrogens with zero attached hydrogens (tertiary/aromatic N) is 3. The molecule has 266 valence electrons. The van der Waals surface area contributed by atoms with E-state index in [-0.39, 0.29) is 55.3 Å². The minimum absolute atomic E-state index is 0.106. The monoisotopic (exact) mass is 684 g/mol. The van der Waals surface area contributed by atoms with Crippen LogP contribution in [0.5, 0.6) is 0 Å². The number of benzene rings is 1. The van der Waals surface area contributed by atoms with E-state index in [9.17, 15) is 29.1 Å². The first-order valence-corrected chi connectivity index (χ1v) is 17.8. The number of likely N-dealkylation sites (tertiary alicyclic amines) is 1. The maximum absolute atomic E-state index is 14.4. The largest absolute Gasteiger partial charge is 0.479 e. The number of ether oxygens (including phenoxy) is 1. The average Bonchev–Trinajstić information content (AvgIpc) is 3.41. The number of allylic oxidation sites excluding steroid dienone is 1. The molecule has 50 heavy (non-hydrogen) atoms. The van der Waals surface area contributed by atoms with Gasteiger partial charge in [0, 0.05) is 48.9 Å². The van der Waals surface area contributed by atoms with Crippen LogP contribution in [0.1, 0.15) is 81.8 Å². The van der Waals surface area contributed by atoms with Crippen LogP contribution in [0.2, 0.25) is 0 Å². The number of hydrogen-bond donors (Lipinski definition) is 2. The van der Waals surface area contributed by atoms with Crippen molar-refractivity contribution >= 4 is 29.7 Å². The van der Waals surface area contributed by atoms with Crippen LogP contribution in [-0.2, 0) is 23.9 Å². The van der Waals surface area contributed by atoms with Gasteiger partial charge in [-0.1, -0.05) is 60.9 Å². The lowest BCUT2D eigenvalue weighted by molar-refractivity contribution is -0.159. The van der Waals surface area contributed by atoms with E-state index in [0.29, 0.717) is 18.7 Å². The molecule has 6 rings (SSSR count). The molecule has 6 atom stereocenters. The summed E-state index contributed by atoms with van der Waals surface area (Å²) in [5.41, 5.74) is 0.828. The van der Waals surface area contributed by atoms with Crippen molar-refractivity contribution in [1.29, 1.82) is 0 Å². The maximum Gasteiger partial charge on any atom is 0.330 e. The molecule has 0 unspecified atom stereocenters. The summed E-state index contributed by atoms with van der Waals surface area (Å²) < 4.78 is 5.59. The van der Waals surface area contributed by atoms with Crippen LogP contribution in [0.3, 0.4) is 0 Å². The summed E-state index contributed by atoms with van der Waals surface area (Å²) in [4.78, 5) is 76.0. The molecule has 11 heteroatoms. The number of aliphatic carboxylic acids is 1. The van der Waals surface area contributed by atoms with E-state index in [0.717, 1.165) is 36.8 Å². The van der Waals surface area contributed by atoms with E-state index in [1.54, 1.807) is 42.7 Å². The zero-order valence-corrected chi connectivity index (χ0v) is 29.4. The summed E-state index contributed by atoms with van der Waals surface area (Å²) in [5.74, 6) is -4.35. The summed E-state index contributed by atoms with van der Waals surface area (Å²) in [6.07, 6.45) is 7.69. The zero-order valence-electron chi connectivity index (χ0n) is 29.4. The van der Waals surface area contributed by atoms with Crippen molar-refractivity contribution in [3.63, 3.8) is 0 Å². The Labute approximate surface area is 293 Å². The molecule has 0 spiro atoms. The van der Waals surface area contributed by atoms with E-state index in [2.05, 4.69) is 10.3 Å². The predicted molar refractivity (Wildman–Crippen MR) is 186 cm³/mol. The first kappa shape index (κ1) is 35.3. The molecule has 3 amide bonds. The predicted octanol–water partition coefficient (Wildman–Crippen LogP) is 4.78. The van der Waals surface area contributed by atoms with Gasteiger partial charge in [-0.3, -0.25) is 19.2 Å². The van der Waals surface area contributed by atoms with Crippen molar-refractivity contribution in [1.82, 2.24) is 20.1 Å². The normalized spacial score (nSPS) is 29.1. The zero-order chi connectivity index (χ0) is 35.8. The number of aryl methyl sites for hydroxylation is 1. The quantitative estimate of drug-likeness (QED) is 0.338. The van der Waals surface area contributed by atoms with Gasteiger partial charge in [0.15, 0.2) is 0 Å². The lowest BCUT2D eigenvalue weighted by Gasteiger charge is -2.32. The van der Waals surface area contributed by atoms with Gasteiger partial charge in [-0.15, -0.1) is 0 Å². The number of fused-ring (bicyclic) bond motifs is 4. The number of nitrogens with one attached hydrogen (secondary N) is 1. The second kappa shape index (κ2) is 14.0. The number of aromatic nitrogens is 1. The Morgan fingerprint density at radius 3 is 2.50 bits per heavy atom. The van der Waals surface area contributed by atoms with Crippen LogP contribution >= 0.6 is 0 Å². The molecule has 1 saturated carbocycles. The number of amides is 3. The van der Waals surface area contributed by atoms with Gasteiger partial charge in [-0.25, -0.2) is 9.78 Å². The molecule has 2 N–H and O–H groups in total. The summed E-state index contributed by atoms with van der Waals surface area (Å²) in [5, 5.41) is 13.1. The van der Waals surface area contributed by atoms with Crippen LogP contribution in [0.15, 0.2) is 54.6 Å². The topological polar surface area (TPSA) is 146 Å². The fourth-order valence-electron chi connectivity index (χ4n) is 7.85. The summed E-state index contributed by atoms with van der Waals surface area (Å²) in [7, 11) is 0. The lowest BCUT2D eigenvalue weighted by atomic mass is 9.92. The van der Waals surface area contributed by atoms with Crippen molar-refractivity contribution in [3.8, 4) is 11.3 Å². The Hall–Kier alpha value is -4.54. The van der Waals surface area contributed by atoms with Gasteiger partial charge in [0.1, 0.15) is 22.9 Å². The molecule has 2 saturated heterocycles. The van der Waals surface area contributed by atoms with E-state index in [1.807, 2.05) is 49.4 Å². The van der Waals surface area contributed by atoms with Crippen LogP contribution in [0.4, 0.5) is 0 Å². The van der Waals surface area contributed by atoms with Crippen LogP contribution in [0, 0.1) is 30.6 Å². The number of pyridine rings is 1. The minimum atomic E-state index is -1.44. The standard InChI is InChI=1S/C39H48N4O7/c1-24-15-17-25(18-16-24)30-13-10-14-31(40-30)36(47)42-21-27-22-43-33(29(27)23-42)34(45)41-39(37(48)49)20-28(39)12-9-7-5-6-8-11-26(35(43)46)19-32(44)50-38(2,3)4/h9-10,12-18,26-29,33H,5-8,11,19-23H2,1-4H3,(H,41,45)(H,48,49)/b12-9-/t26-,27-,28+,29-,33-,39+/m0/s1. The van der Waals surface area contributed by atoms with Crippen LogP contribution in [0.25, 0.3) is 11.3 Å². The molecule has 4 heterocycles. The third-order valence-corrected chi connectivity index (χ3v) is 10.5. The van der Waals surface area contributed by atoms with Crippen LogP contribution in [-0.4, -0.2) is 86.4 Å². The minimum Gasteiger partial charge on any atom is -0.479 e. The Bertz CT molecular complexity index is 1680. The molecule has 3 aliphatic heterocycles. The number of carboxylic acid groups (broad SMARTS) is 1. The van der Waals surface area contributed by atoms with Gasteiger partial charge in [0.25, 0.3) is 5.91 Å². The highest BCUT2D eigenvalue weighted by molar-refractivity contribution is 5.97. The second-order valence-electron chi connectivity index (χ2n) is 15.5. The number of carboxylic acids is 1. The lowest BCUT2D eigenvalue weighted by Crippen LogP contribution is -2.56. The van der Waals surface area contributed by atoms with Crippen molar-refractivity contribution in [2.24, 2.45) is 23.7 Å². The molecule has 2 aromatic rings. The fraction of sp³-hybridized carbons (Fsp3) is 0.538. The van der Waals surface area contributed by atoms with Crippen molar-refractivity contribution in [2.75, 3.05) is 19.6 Å². The average molecular weight is 685 g/mol.